The number of methoxy groups -OCH3 is 2. The zero-order valence-corrected chi connectivity index (χ0v) is 14.6. The predicted molar refractivity (Wildman–Crippen MR) is 95.6 cm³/mol. The van der Waals surface area contributed by atoms with Crippen molar-refractivity contribution < 1.29 is 23.8 Å². The molecule has 1 heterocycles. The summed E-state index contributed by atoms with van der Waals surface area (Å²) in [6.07, 6.45) is 0.600. The first-order chi connectivity index (χ1) is 12.6. The third-order valence-electron chi connectivity index (χ3n) is 4.08. The Balaban J connectivity index is 1.69. The number of fused-ring (bicyclic) bond motifs is 1. The quantitative estimate of drug-likeness (QED) is 0.821. The molecule has 1 atom stereocenters. The second-order valence-corrected chi connectivity index (χ2v) is 5.76. The number of nitrogens with one attached hydrogen (secondary N) is 2. The van der Waals surface area contributed by atoms with Gasteiger partial charge in [0.15, 0.2) is 0 Å². The number of carbonyl (C=O) groups excluding carboxylic acids is 2. The minimum absolute atomic E-state index is 0.266. The van der Waals surface area contributed by atoms with Crippen LogP contribution in [0.1, 0.15) is 18.0 Å². The number of para-hydroxylation sites is 1. The van der Waals surface area contributed by atoms with E-state index in [4.69, 9.17) is 14.2 Å². The first-order valence-electron chi connectivity index (χ1n) is 8.17. The Morgan fingerprint density at radius 2 is 1.73 bits per heavy atom. The van der Waals surface area contributed by atoms with E-state index in [1.165, 1.54) is 14.2 Å². The number of hydrogen-bond donors (Lipinski definition) is 2. The molecule has 0 saturated carbocycles. The molecule has 26 heavy (non-hydrogen) atoms. The van der Waals surface area contributed by atoms with E-state index < -0.39 is 11.8 Å². The van der Waals surface area contributed by atoms with Crippen LogP contribution in [0, 0.1) is 0 Å². The zero-order chi connectivity index (χ0) is 18.5. The van der Waals surface area contributed by atoms with Crippen LogP contribution in [0.4, 0.5) is 5.69 Å². The second kappa shape index (κ2) is 7.77. The summed E-state index contributed by atoms with van der Waals surface area (Å²) in [4.78, 5) is 24.6. The van der Waals surface area contributed by atoms with Gasteiger partial charge < -0.3 is 24.8 Å². The SMILES string of the molecule is COc1cc(NC(=O)C(=O)NC2CCOc3ccccc32)cc(OC)c1. The third kappa shape index (κ3) is 3.88. The van der Waals surface area contributed by atoms with Crippen LogP contribution in [-0.4, -0.2) is 32.6 Å². The standard InChI is InChI=1S/C19H20N2O5/c1-24-13-9-12(10-14(11-13)25-2)20-18(22)19(23)21-16-7-8-26-17-6-4-3-5-15(16)17/h3-6,9-11,16H,7-8H2,1-2H3,(H,20,22)(H,21,23). The Morgan fingerprint density at radius 1 is 1.04 bits per heavy atom. The zero-order valence-electron chi connectivity index (χ0n) is 14.6. The van der Waals surface area contributed by atoms with Crippen LogP contribution in [0.3, 0.4) is 0 Å². The summed E-state index contributed by atoms with van der Waals surface area (Å²) in [7, 11) is 3.02. The molecule has 7 heteroatoms. The summed E-state index contributed by atoms with van der Waals surface area (Å²) >= 11 is 0. The fraction of sp³-hybridized carbons (Fsp3) is 0.263. The fourth-order valence-electron chi connectivity index (χ4n) is 2.78. The van der Waals surface area contributed by atoms with E-state index in [1.54, 1.807) is 18.2 Å². The van der Waals surface area contributed by atoms with Gasteiger partial charge in [0.25, 0.3) is 0 Å². The average Bonchev–Trinajstić information content (AvgIpc) is 2.67. The number of rotatable bonds is 4. The maximum atomic E-state index is 12.3. The molecule has 3 rings (SSSR count). The van der Waals surface area contributed by atoms with Crippen LogP contribution >= 0.6 is 0 Å². The van der Waals surface area contributed by atoms with E-state index in [2.05, 4.69) is 10.6 Å². The molecule has 1 unspecified atom stereocenters. The van der Waals surface area contributed by atoms with Crippen LogP contribution in [0.15, 0.2) is 42.5 Å². The van der Waals surface area contributed by atoms with Gasteiger partial charge in [-0.05, 0) is 6.07 Å². The van der Waals surface area contributed by atoms with Gasteiger partial charge in [-0.3, -0.25) is 9.59 Å². The molecule has 0 radical (unpaired) electrons. The minimum atomic E-state index is -0.760. The van der Waals surface area contributed by atoms with E-state index >= 15 is 0 Å². The first-order valence-corrected chi connectivity index (χ1v) is 8.17. The largest absolute Gasteiger partial charge is 0.497 e. The van der Waals surface area contributed by atoms with Gasteiger partial charge in [-0.25, -0.2) is 0 Å². The lowest BCUT2D eigenvalue weighted by Crippen LogP contribution is -2.39. The molecule has 2 N–H and O–H groups in total. The van der Waals surface area contributed by atoms with Crippen molar-refractivity contribution in [2.24, 2.45) is 0 Å². The van der Waals surface area contributed by atoms with Gasteiger partial charge >= 0.3 is 11.8 Å². The maximum Gasteiger partial charge on any atom is 0.313 e. The molecule has 2 aromatic carbocycles. The summed E-state index contributed by atoms with van der Waals surface area (Å²) in [6.45, 7) is 0.483. The van der Waals surface area contributed by atoms with Crippen LogP contribution in [0.2, 0.25) is 0 Å². The van der Waals surface area contributed by atoms with Gasteiger partial charge in [-0.15, -0.1) is 0 Å². The Labute approximate surface area is 151 Å². The molecule has 0 aliphatic carbocycles. The fourth-order valence-corrected chi connectivity index (χ4v) is 2.78. The molecule has 0 aromatic heterocycles. The van der Waals surface area contributed by atoms with Crippen molar-refractivity contribution in [3.8, 4) is 17.2 Å². The van der Waals surface area contributed by atoms with Gasteiger partial charge in [0.05, 0.1) is 26.9 Å². The highest BCUT2D eigenvalue weighted by molar-refractivity contribution is 6.39. The number of amides is 2. The molecule has 7 nitrogen and oxygen atoms in total. The highest BCUT2D eigenvalue weighted by Gasteiger charge is 2.25. The van der Waals surface area contributed by atoms with Crippen LogP contribution in [0.25, 0.3) is 0 Å². The van der Waals surface area contributed by atoms with Crippen molar-refractivity contribution in [3.63, 3.8) is 0 Å². The van der Waals surface area contributed by atoms with Crippen molar-refractivity contribution in [1.29, 1.82) is 0 Å². The number of ether oxygens (including phenoxy) is 3. The summed E-state index contributed by atoms with van der Waals surface area (Å²) in [5.41, 5.74) is 1.27. The molecule has 0 saturated heterocycles. The van der Waals surface area contributed by atoms with Crippen LogP contribution in [-0.2, 0) is 9.59 Å². The van der Waals surface area contributed by atoms with E-state index in [9.17, 15) is 9.59 Å². The van der Waals surface area contributed by atoms with Gasteiger partial charge in [0, 0.05) is 35.9 Å². The highest BCUT2D eigenvalue weighted by Crippen LogP contribution is 2.31. The maximum absolute atomic E-state index is 12.3. The lowest BCUT2D eigenvalue weighted by Gasteiger charge is -2.26. The third-order valence-corrected chi connectivity index (χ3v) is 4.08. The summed E-state index contributed by atoms with van der Waals surface area (Å²) in [5.74, 6) is 0.275. The normalized spacial score (nSPS) is 15.2. The number of benzene rings is 2. The minimum Gasteiger partial charge on any atom is -0.497 e. The van der Waals surface area contributed by atoms with Gasteiger partial charge in [0.1, 0.15) is 17.2 Å². The van der Waals surface area contributed by atoms with E-state index in [0.717, 1.165) is 11.3 Å². The van der Waals surface area contributed by atoms with Crippen molar-refractivity contribution in [2.45, 2.75) is 12.5 Å². The van der Waals surface area contributed by atoms with Crippen molar-refractivity contribution in [3.05, 3.63) is 48.0 Å². The summed E-state index contributed by atoms with van der Waals surface area (Å²) < 4.78 is 15.9. The number of hydrogen-bond acceptors (Lipinski definition) is 5. The molecule has 0 bridgehead atoms. The Kier molecular flexibility index (Phi) is 5.26. The Morgan fingerprint density at radius 3 is 2.42 bits per heavy atom. The van der Waals surface area contributed by atoms with E-state index in [1.807, 2.05) is 24.3 Å². The molecule has 0 spiro atoms. The molecule has 136 valence electrons. The molecular formula is C19H20N2O5. The molecule has 1 aliphatic rings. The molecule has 2 aromatic rings. The first kappa shape index (κ1) is 17.6. The summed E-state index contributed by atoms with van der Waals surface area (Å²) in [5, 5.41) is 5.32. The van der Waals surface area contributed by atoms with E-state index in [0.29, 0.717) is 30.2 Å². The average molecular weight is 356 g/mol. The second-order valence-electron chi connectivity index (χ2n) is 5.76. The molecule has 0 fully saturated rings. The van der Waals surface area contributed by atoms with Crippen LogP contribution < -0.4 is 24.8 Å². The molecular weight excluding hydrogens is 336 g/mol. The lowest BCUT2D eigenvalue weighted by atomic mass is 10.0. The molecule has 1 aliphatic heterocycles. The predicted octanol–water partition coefficient (Wildman–Crippen LogP) is 2.28. The summed E-state index contributed by atoms with van der Waals surface area (Å²) in [6, 6.07) is 12.1. The van der Waals surface area contributed by atoms with Gasteiger partial charge in [0.2, 0.25) is 0 Å². The highest BCUT2D eigenvalue weighted by atomic mass is 16.5. The monoisotopic (exact) mass is 356 g/mol. The van der Waals surface area contributed by atoms with Crippen molar-refractivity contribution in [1.82, 2.24) is 5.32 Å². The lowest BCUT2D eigenvalue weighted by molar-refractivity contribution is -0.136. The van der Waals surface area contributed by atoms with Gasteiger partial charge in [-0.2, -0.15) is 0 Å². The van der Waals surface area contributed by atoms with Crippen molar-refractivity contribution in [2.75, 3.05) is 26.1 Å². The topological polar surface area (TPSA) is 85.9 Å². The Hall–Kier alpha value is -3.22. The number of carbonyl (C=O) groups is 2. The molecule has 2 amide bonds. The smallest absolute Gasteiger partial charge is 0.313 e. The van der Waals surface area contributed by atoms with Gasteiger partial charge in [-0.1, -0.05) is 18.2 Å². The van der Waals surface area contributed by atoms with Crippen molar-refractivity contribution >= 4 is 17.5 Å². The van der Waals surface area contributed by atoms with E-state index in [-0.39, 0.29) is 6.04 Å². The van der Waals surface area contributed by atoms with Crippen LogP contribution in [0.5, 0.6) is 17.2 Å². The number of anilines is 1. The Bertz CT molecular complexity index is 799.